The molecule has 1 saturated carbocycles. The molecular weight excluding hydrogens is 522 g/mol. The van der Waals surface area contributed by atoms with Crippen molar-refractivity contribution in [1.29, 1.82) is 0 Å². The number of benzene rings is 3. The van der Waals surface area contributed by atoms with Crippen molar-refractivity contribution in [3.05, 3.63) is 82.1 Å². The van der Waals surface area contributed by atoms with Crippen molar-refractivity contribution in [3.63, 3.8) is 0 Å². The largest absolute Gasteiger partial charge is 0.508 e. The number of aliphatic hydroxyl groups excluding tert-OH is 2. The Hall–Kier alpha value is -4.43. The van der Waals surface area contributed by atoms with Gasteiger partial charge in [0.25, 0.3) is 5.91 Å². The Morgan fingerprint density at radius 1 is 0.976 bits per heavy atom. The molecule has 6 rings (SSSR count). The van der Waals surface area contributed by atoms with E-state index in [1.807, 2.05) is 24.3 Å². The Morgan fingerprint density at radius 2 is 1.66 bits per heavy atom. The summed E-state index contributed by atoms with van der Waals surface area (Å²) < 4.78 is 0. The van der Waals surface area contributed by atoms with Gasteiger partial charge in [-0.3, -0.25) is 14.4 Å². The molecule has 0 heterocycles. The number of Topliss-reactive ketones (excluding diaryl/α,β-unsaturated/α-hetero) is 2. The van der Waals surface area contributed by atoms with E-state index in [2.05, 4.69) is 26.0 Å². The van der Waals surface area contributed by atoms with Crippen molar-refractivity contribution in [3.8, 4) is 16.9 Å². The molecule has 3 aromatic carbocycles. The minimum Gasteiger partial charge on any atom is -0.508 e. The van der Waals surface area contributed by atoms with Crippen molar-refractivity contribution < 1.29 is 34.8 Å². The zero-order valence-corrected chi connectivity index (χ0v) is 22.8. The topological polar surface area (TPSA) is 158 Å². The van der Waals surface area contributed by atoms with Crippen LogP contribution in [0.1, 0.15) is 43.4 Å². The lowest BCUT2D eigenvalue weighted by Gasteiger charge is -2.46. The van der Waals surface area contributed by atoms with Gasteiger partial charge < -0.3 is 26.2 Å². The van der Waals surface area contributed by atoms with E-state index in [9.17, 15) is 34.8 Å². The lowest BCUT2D eigenvalue weighted by atomic mass is 9.59. The SMILES string of the molecule is CC(C)Cc1ccc(-c2ccc(O)c3c2C[C@H]2C[C@H]4CC(=O)C(C(N)=O)=C(O)[C@@]4(O)C(=O)C2=C3O)c2ccccc12. The van der Waals surface area contributed by atoms with Crippen molar-refractivity contribution in [2.75, 3.05) is 0 Å². The third-order valence-corrected chi connectivity index (χ3v) is 8.88. The Morgan fingerprint density at radius 3 is 2.34 bits per heavy atom. The van der Waals surface area contributed by atoms with Crippen molar-refractivity contribution >= 4 is 34.0 Å². The summed E-state index contributed by atoms with van der Waals surface area (Å²) in [7, 11) is 0. The molecule has 1 fully saturated rings. The zero-order chi connectivity index (χ0) is 29.4. The molecular formula is C33H31NO7. The summed E-state index contributed by atoms with van der Waals surface area (Å²) >= 11 is 0. The van der Waals surface area contributed by atoms with Gasteiger partial charge in [-0.1, -0.05) is 56.3 Å². The number of carbonyl (C=O) groups excluding carboxylic acids is 3. The van der Waals surface area contributed by atoms with E-state index >= 15 is 0 Å². The normalized spacial score (nSPS) is 24.0. The van der Waals surface area contributed by atoms with Gasteiger partial charge in [0, 0.05) is 17.9 Å². The van der Waals surface area contributed by atoms with Crippen LogP contribution in [0, 0.1) is 17.8 Å². The molecule has 210 valence electrons. The molecule has 0 saturated heterocycles. The van der Waals surface area contributed by atoms with Crippen LogP contribution in [-0.4, -0.2) is 43.5 Å². The highest BCUT2D eigenvalue weighted by atomic mass is 16.3. The number of aromatic hydroxyl groups is 1. The maximum absolute atomic E-state index is 13.8. The average molecular weight is 554 g/mol. The number of amides is 1. The predicted molar refractivity (Wildman–Crippen MR) is 153 cm³/mol. The molecule has 1 amide bonds. The van der Waals surface area contributed by atoms with Crippen LogP contribution < -0.4 is 5.73 Å². The van der Waals surface area contributed by atoms with Gasteiger partial charge in [0.05, 0.1) is 5.56 Å². The highest BCUT2D eigenvalue weighted by molar-refractivity contribution is 6.22. The molecule has 0 spiro atoms. The number of ketones is 2. The molecule has 0 unspecified atom stereocenters. The van der Waals surface area contributed by atoms with Gasteiger partial charge >= 0.3 is 0 Å². The van der Waals surface area contributed by atoms with Crippen molar-refractivity contribution in [2.24, 2.45) is 23.5 Å². The summed E-state index contributed by atoms with van der Waals surface area (Å²) in [4.78, 5) is 38.3. The molecule has 41 heavy (non-hydrogen) atoms. The third kappa shape index (κ3) is 3.81. The smallest absolute Gasteiger partial charge is 0.255 e. The number of phenolic OH excluding ortho intramolecular Hbond substituents is 1. The lowest BCUT2D eigenvalue weighted by Crippen LogP contribution is -2.58. The Labute approximate surface area is 236 Å². The molecule has 0 aliphatic heterocycles. The molecule has 3 aliphatic carbocycles. The van der Waals surface area contributed by atoms with Crippen LogP contribution in [0.15, 0.2) is 65.4 Å². The average Bonchev–Trinajstić information content (AvgIpc) is 2.91. The number of phenols is 1. The first kappa shape index (κ1) is 26.8. The molecule has 3 aromatic rings. The fraction of sp³-hybridized carbons (Fsp3) is 0.303. The minimum absolute atomic E-state index is 0.0879. The van der Waals surface area contributed by atoms with Crippen LogP contribution >= 0.6 is 0 Å². The van der Waals surface area contributed by atoms with E-state index in [4.69, 9.17) is 5.73 Å². The van der Waals surface area contributed by atoms with Crippen LogP contribution in [0.3, 0.4) is 0 Å². The first-order chi connectivity index (χ1) is 19.4. The molecule has 0 radical (unpaired) electrons. The quantitative estimate of drug-likeness (QED) is 0.299. The number of rotatable bonds is 4. The minimum atomic E-state index is -2.58. The van der Waals surface area contributed by atoms with Gasteiger partial charge in [0.1, 0.15) is 22.8 Å². The van der Waals surface area contributed by atoms with Gasteiger partial charge in [0.15, 0.2) is 11.4 Å². The zero-order valence-electron chi connectivity index (χ0n) is 22.8. The first-order valence-corrected chi connectivity index (χ1v) is 13.8. The second kappa shape index (κ2) is 9.31. The number of nitrogens with two attached hydrogens (primary N) is 1. The van der Waals surface area contributed by atoms with E-state index in [0.717, 1.165) is 28.3 Å². The number of fused-ring (bicyclic) bond motifs is 4. The van der Waals surface area contributed by atoms with E-state index < -0.39 is 52.0 Å². The van der Waals surface area contributed by atoms with E-state index in [0.29, 0.717) is 11.5 Å². The lowest BCUT2D eigenvalue weighted by molar-refractivity contribution is -0.147. The predicted octanol–water partition coefficient (Wildman–Crippen LogP) is 4.44. The highest BCUT2D eigenvalue weighted by Crippen LogP contribution is 2.53. The summed E-state index contributed by atoms with van der Waals surface area (Å²) in [6.07, 6.45) is 0.899. The Kier molecular flexibility index (Phi) is 6.08. The van der Waals surface area contributed by atoms with Crippen molar-refractivity contribution in [2.45, 2.75) is 45.1 Å². The summed E-state index contributed by atoms with van der Waals surface area (Å²) in [5.41, 5.74) is 5.41. The number of carbonyl (C=O) groups is 3. The maximum atomic E-state index is 13.8. The number of aliphatic hydroxyl groups is 3. The van der Waals surface area contributed by atoms with Gasteiger partial charge in [0.2, 0.25) is 5.78 Å². The van der Waals surface area contributed by atoms with Crippen LogP contribution in [0.5, 0.6) is 5.75 Å². The van der Waals surface area contributed by atoms with Gasteiger partial charge in [-0.05, 0) is 70.2 Å². The maximum Gasteiger partial charge on any atom is 0.255 e. The summed E-state index contributed by atoms with van der Waals surface area (Å²) in [6, 6.07) is 15.5. The van der Waals surface area contributed by atoms with Crippen LogP contribution in [0.25, 0.3) is 27.7 Å². The van der Waals surface area contributed by atoms with Gasteiger partial charge in [-0.25, -0.2) is 0 Å². The molecule has 0 aromatic heterocycles. The second-order valence-corrected chi connectivity index (χ2v) is 11.8. The fourth-order valence-corrected chi connectivity index (χ4v) is 7.09. The van der Waals surface area contributed by atoms with Crippen LogP contribution in [-0.2, 0) is 27.2 Å². The number of hydrogen-bond donors (Lipinski definition) is 5. The van der Waals surface area contributed by atoms with Crippen LogP contribution in [0.2, 0.25) is 0 Å². The first-order valence-electron chi connectivity index (χ1n) is 13.8. The third-order valence-electron chi connectivity index (χ3n) is 8.88. The van der Waals surface area contributed by atoms with Gasteiger partial charge in [-0.15, -0.1) is 0 Å². The summed E-state index contributed by atoms with van der Waals surface area (Å²) in [5.74, 6) is -5.91. The molecule has 3 atom stereocenters. The van der Waals surface area contributed by atoms with Crippen molar-refractivity contribution in [1.82, 2.24) is 0 Å². The van der Waals surface area contributed by atoms with E-state index in [1.54, 1.807) is 6.07 Å². The second-order valence-electron chi connectivity index (χ2n) is 11.8. The molecule has 0 bridgehead atoms. The van der Waals surface area contributed by atoms with Crippen LogP contribution in [0.4, 0.5) is 0 Å². The molecule has 8 heteroatoms. The molecule has 6 N–H and O–H groups in total. The number of primary amides is 1. The summed E-state index contributed by atoms with van der Waals surface area (Å²) in [6.45, 7) is 4.34. The highest BCUT2D eigenvalue weighted by Gasteiger charge is 2.60. The Balaban J connectivity index is 1.54. The molecule has 3 aliphatic rings. The standard InChI is InChI=1S/C33H31NO7/c1-15(2)11-16-7-8-21(20-6-4-3-5-19(16)20)22-9-10-24(35)27-23(22)13-17-12-18-14-25(36)28(32(34)40)31(39)33(18,41)30(38)26(17)29(27)37/h3-10,15,17-18,35,37,39,41H,11-14H2,1-2H3,(H2,34,40)/t17-,18+,33+/m1/s1. The monoisotopic (exact) mass is 553 g/mol. The Bertz CT molecular complexity index is 1750. The summed E-state index contributed by atoms with van der Waals surface area (Å²) in [5, 5.41) is 46.7. The van der Waals surface area contributed by atoms with E-state index in [1.165, 1.54) is 11.6 Å². The van der Waals surface area contributed by atoms with E-state index in [-0.39, 0.29) is 36.1 Å². The number of hydrogen-bond acceptors (Lipinski definition) is 7. The van der Waals surface area contributed by atoms with Gasteiger partial charge in [-0.2, -0.15) is 0 Å². The molecule has 8 nitrogen and oxygen atoms in total. The fourth-order valence-electron chi connectivity index (χ4n) is 7.09.